The van der Waals surface area contributed by atoms with Crippen molar-refractivity contribution in [1.82, 2.24) is 24.1 Å². The quantitative estimate of drug-likeness (QED) is 0.898. The summed E-state index contributed by atoms with van der Waals surface area (Å²) in [6.07, 6.45) is 6.77. The van der Waals surface area contributed by atoms with Gasteiger partial charge in [-0.15, -0.1) is 0 Å². The summed E-state index contributed by atoms with van der Waals surface area (Å²) in [5.74, 6) is 0.710. The summed E-state index contributed by atoms with van der Waals surface area (Å²) in [5, 5.41) is 4.54. The van der Waals surface area contributed by atoms with Crippen LogP contribution in [0.3, 0.4) is 0 Å². The van der Waals surface area contributed by atoms with Crippen molar-refractivity contribution in [2.24, 2.45) is 0 Å². The first-order valence-electron chi connectivity index (χ1n) is 8.18. The summed E-state index contributed by atoms with van der Waals surface area (Å²) in [4.78, 5) is 7.40. The lowest BCUT2D eigenvalue weighted by atomic mass is 10.1. The number of H-pyrrole nitrogens is 1. The van der Waals surface area contributed by atoms with Gasteiger partial charge in [-0.3, -0.25) is 4.68 Å². The second kappa shape index (κ2) is 5.45. The maximum Gasteiger partial charge on any atom is 0.217 e. The molecule has 1 N–H and O–H groups in total. The number of aromatic nitrogens is 4. The van der Waals surface area contributed by atoms with Crippen molar-refractivity contribution in [3.63, 3.8) is 0 Å². The van der Waals surface area contributed by atoms with E-state index in [1.54, 1.807) is 16.7 Å². The molecular formula is C15H21N5O2S. The molecule has 4 rings (SSSR count). The van der Waals surface area contributed by atoms with Gasteiger partial charge in [-0.1, -0.05) is 6.92 Å². The van der Waals surface area contributed by atoms with Gasteiger partial charge in [0.05, 0.1) is 5.25 Å². The van der Waals surface area contributed by atoms with Crippen molar-refractivity contribution >= 4 is 10.0 Å². The summed E-state index contributed by atoms with van der Waals surface area (Å²) in [7, 11) is -3.15. The van der Waals surface area contributed by atoms with Crippen LogP contribution in [-0.4, -0.2) is 44.3 Å². The molecule has 0 aromatic carbocycles. The molecule has 2 aromatic heterocycles. The molecule has 7 nitrogen and oxygen atoms in total. The van der Waals surface area contributed by atoms with E-state index in [1.165, 1.54) is 0 Å². The topological polar surface area (TPSA) is 83.9 Å². The van der Waals surface area contributed by atoms with E-state index in [1.807, 2.05) is 4.68 Å². The number of aromatic amines is 1. The van der Waals surface area contributed by atoms with E-state index < -0.39 is 10.0 Å². The molecule has 124 valence electrons. The van der Waals surface area contributed by atoms with Gasteiger partial charge in [-0.05, 0) is 19.3 Å². The molecule has 1 aliphatic carbocycles. The summed E-state index contributed by atoms with van der Waals surface area (Å²) in [5.41, 5.74) is 2.94. The number of imidazole rings is 1. The molecule has 0 saturated heterocycles. The molecule has 0 radical (unpaired) electrons. The van der Waals surface area contributed by atoms with Crippen LogP contribution >= 0.6 is 0 Å². The molecule has 1 fully saturated rings. The lowest BCUT2D eigenvalue weighted by Gasteiger charge is -2.27. The first kappa shape index (κ1) is 14.9. The van der Waals surface area contributed by atoms with Crippen LogP contribution in [0.2, 0.25) is 0 Å². The van der Waals surface area contributed by atoms with Gasteiger partial charge < -0.3 is 4.98 Å². The van der Waals surface area contributed by atoms with E-state index in [0.29, 0.717) is 18.9 Å². The molecule has 8 heteroatoms. The minimum Gasteiger partial charge on any atom is -0.343 e. The maximum absolute atomic E-state index is 12.6. The van der Waals surface area contributed by atoms with Crippen LogP contribution in [-0.2, 0) is 29.5 Å². The lowest BCUT2D eigenvalue weighted by Crippen LogP contribution is -2.38. The lowest BCUT2D eigenvalue weighted by molar-refractivity contribution is 0.382. The Balaban J connectivity index is 1.74. The largest absolute Gasteiger partial charge is 0.343 e. The van der Waals surface area contributed by atoms with Crippen LogP contribution < -0.4 is 0 Å². The molecular weight excluding hydrogens is 314 g/mol. The number of aryl methyl sites for hydroxylation is 1. The van der Waals surface area contributed by atoms with Crippen molar-refractivity contribution in [3.8, 4) is 11.5 Å². The number of sulfonamides is 1. The number of rotatable bonds is 5. The molecule has 2 aromatic rings. The Labute approximate surface area is 135 Å². The third-order valence-electron chi connectivity index (χ3n) is 4.56. The van der Waals surface area contributed by atoms with Crippen LogP contribution in [0, 0.1) is 0 Å². The highest BCUT2D eigenvalue weighted by Crippen LogP contribution is 2.35. The molecule has 0 atom stereocenters. The highest BCUT2D eigenvalue weighted by Gasteiger charge is 2.42. The molecule has 0 amide bonds. The van der Waals surface area contributed by atoms with E-state index >= 15 is 0 Å². The minimum absolute atomic E-state index is 0.165. The number of hydrogen-bond donors (Lipinski definition) is 1. The van der Waals surface area contributed by atoms with Crippen LogP contribution in [0.4, 0.5) is 0 Å². The monoisotopic (exact) mass is 335 g/mol. The fourth-order valence-corrected chi connectivity index (χ4v) is 5.05. The zero-order valence-electron chi connectivity index (χ0n) is 13.2. The fourth-order valence-electron chi connectivity index (χ4n) is 3.24. The fraction of sp³-hybridized carbons (Fsp3) is 0.600. The highest BCUT2D eigenvalue weighted by atomic mass is 32.2. The van der Waals surface area contributed by atoms with E-state index in [4.69, 9.17) is 5.10 Å². The molecule has 23 heavy (non-hydrogen) atoms. The molecule has 0 unspecified atom stereocenters. The smallest absolute Gasteiger partial charge is 0.217 e. The number of nitrogens with zero attached hydrogens (tertiary/aromatic N) is 4. The second-order valence-electron chi connectivity index (χ2n) is 6.26. The standard InChI is InChI=1S/C15H21N5O2S/c1-2-8-20-13-5-9-19(23(21,22)11-3-4-11)10-12(13)14(18-20)15-16-6-7-17-15/h6-7,11H,2-5,8-10H2,1H3,(H,16,17). The van der Waals surface area contributed by atoms with Gasteiger partial charge in [0.2, 0.25) is 10.0 Å². The van der Waals surface area contributed by atoms with Crippen molar-refractivity contribution in [1.29, 1.82) is 0 Å². The predicted molar refractivity (Wildman–Crippen MR) is 86.2 cm³/mol. The average Bonchev–Trinajstić information content (AvgIpc) is 3.16. The number of nitrogens with one attached hydrogen (secondary N) is 1. The average molecular weight is 335 g/mol. The summed E-state index contributed by atoms with van der Waals surface area (Å²) < 4.78 is 28.8. The molecule has 1 saturated carbocycles. The SMILES string of the molecule is CCCn1nc(-c2ncc[nH]2)c2c1CCN(S(=O)(=O)C1CC1)C2. The normalized spacial score (nSPS) is 19.0. The Morgan fingerprint density at radius 2 is 2.22 bits per heavy atom. The van der Waals surface area contributed by atoms with Crippen LogP contribution in [0.1, 0.15) is 37.4 Å². The third-order valence-corrected chi connectivity index (χ3v) is 6.91. The van der Waals surface area contributed by atoms with Crippen LogP contribution in [0.15, 0.2) is 12.4 Å². The molecule has 3 heterocycles. The Hall–Kier alpha value is -1.67. The van der Waals surface area contributed by atoms with Gasteiger partial charge in [0.1, 0.15) is 5.69 Å². The van der Waals surface area contributed by atoms with Crippen molar-refractivity contribution in [2.75, 3.05) is 6.54 Å². The number of hydrogen-bond acceptors (Lipinski definition) is 4. The maximum atomic E-state index is 12.6. The Bertz CT molecular complexity index is 805. The van der Waals surface area contributed by atoms with E-state index in [-0.39, 0.29) is 5.25 Å². The summed E-state index contributed by atoms with van der Waals surface area (Å²) >= 11 is 0. The van der Waals surface area contributed by atoms with Gasteiger partial charge in [-0.2, -0.15) is 9.40 Å². The van der Waals surface area contributed by atoms with Crippen LogP contribution in [0.25, 0.3) is 11.5 Å². The van der Waals surface area contributed by atoms with Gasteiger partial charge in [0.25, 0.3) is 0 Å². The second-order valence-corrected chi connectivity index (χ2v) is 8.48. The molecule has 0 bridgehead atoms. The Kier molecular flexibility index (Phi) is 3.53. The van der Waals surface area contributed by atoms with E-state index in [9.17, 15) is 8.42 Å². The zero-order chi connectivity index (χ0) is 16.0. The summed E-state index contributed by atoms with van der Waals surface area (Å²) in [6, 6.07) is 0. The summed E-state index contributed by atoms with van der Waals surface area (Å²) in [6.45, 7) is 3.93. The van der Waals surface area contributed by atoms with Crippen molar-refractivity contribution in [3.05, 3.63) is 23.7 Å². The first-order valence-corrected chi connectivity index (χ1v) is 9.69. The number of fused-ring (bicyclic) bond motifs is 1. The zero-order valence-corrected chi connectivity index (χ0v) is 14.0. The third kappa shape index (κ3) is 2.49. The van der Waals surface area contributed by atoms with E-state index in [0.717, 1.165) is 49.2 Å². The predicted octanol–water partition coefficient (Wildman–Crippen LogP) is 1.53. The van der Waals surface area contributed by atoms with Gasteiger partial charge in [0, 0.05) is 49.7 Å². The van der Waals surface area contributed by atoms with E-state index in [2.05, 4.69) is 16.9 Å². The Morgan fingerprint density at radius 3 is 2.87 bits per heavy atom. The van der Waals surface area contributed by atoms with Crippen molar-refractivity contribution in [2.45, 2.75) is 50.9 Å². The highest BCUT2D eigenvalue weighted by molar-refractivity contribution is 7.90. The van der Waals surface area contributed by atoms with Crippen LogP contribution in [0.5, 0.6) is 0 Å². The van der Waals surface area contributed by atoms with Gasteiger partial charge >= 0.3 is 0 Å². The molecule has 1 aliphatic heterocycles. The van der Waals surface area contributed by atoms with Gasteiger partial charge in [0.15, 0.2) is 5.82 Å². The van der Waals surface area contributed by atoms with Crippen molar-refractivity contribution < 1.29 is 8.42 Å². The van der Waals surface area contributed by atoms with Gasteiger partial charge in [-0.25, -0.2) is 13.4 Å². The molecule has 0 spiro atoms. The minimum atomic E-state index is -3.15. The first-order chi connectivity index (χ1) is 11.1. The Morgan fingerprint density at radius 1 is 1.39 bits per heavy atom. The molecule has 2 aliphatic rings.